The maximum atomic E-state index is 13.6. The summed E-state index contributed by atoms with van der Waals surface area (Å²) in [6.07, 6.45) is 2.71. The molecule has 3 aromatic rings. The van der Waals surface area contributed by atoms with E-state index in [1.165, 1.54) is 0 Å². The predicted octanol–water partition coefficient (Wildman–Crippen LogP) is 7.26. The van der Waals surface area contributed by atoms with Gasteiger partial charge in [0.2, 0.25) is 10.0 Å². The maximum absolute atomic E-state index is 13.6. The third-order valence-electron chi connectivity index (χ3n) is 7.38. The first-order valence-corrected chi connectivity index (χ1v) is 16.5. The molecule has 0 radical (unpaired) electrons. The van der Waals surface area contributed by atoms with Gasteiger partial charge in [-0.1, -0.05) is 92.0 Å². The van der Waals surface area contributed by atoms with Gasteiger partial charge in [-0.2, -0.15) is 4.40 Å². The summed E-state index contributed by atoms with van der Waals surface area (Å²) in [7, 11) is -3.84. The van der Waals surface area contributed by atoms with Crippen LogP contribution in [0.15, 0.2) is 88.2 Å². The molecule has 214 valence electrons. The Kier molecular flexibility index (Phi) is 10.0. The summed E-state index contributed by atoms with van der Waals surface area (Å²) in [6, 6.07) is 22.9. The van der Waals surface area contributed by atoms with Crippen molar-refractivity contribution in [3.8, 4) is 0 Å². The smallest absolute Gasteiger partial charge is 0.263 e. The van der Waals surface area contributed by atoms with E-state index in [2.05, 4.69) is 23.0 Å². The maximum Gasteiger partial charge on any atom is 0.285 e. The Labute approximate surface area is 246 Å². The monoisotopic (exact) mass is 600 g/mol. The lowest BCUT2D eigenvalue weighted by molar-refractivity contribution is 0.195. The Morgan fingerprint density at radius 1 is 1.00 bits per heavy atom. The van der Waals surface area contributed by atoms with Crippen molar-refractivity contribution in [2.24, 2.45) is 10.3 Å². The molecule has 9 heteroatoms. The third kappa shape index (κ3) is 7.28. The number of nitrogens with one attached hydrogen (secondary N) is 1. The summed E-state index contributed by atoms with van der Waals surface area (Å²) in [4.78, 5) is 0.157. The van der Waals surface area contributed by atoms with E-state index < -0.39 is 33.4 Å². The first-order chi connectivity index (χ1) is 19.0. The second-order valence-corrected chi connectivity index (χ2v) is 13.9. The number of aryl methyl sites for hydroxylation is 1. The van der Waals surface area contributed by atoms with Gasteiger partial charge >= 0.3 is 0 Å². The fourth-order valence-electron chi connectivity index (χ4n) is 5.11. The number of nitrogens with zero attached hydrogens (tertiary/aromatic N) is 1. The van der Waals surface area contributed by atoms with Crippen LogP contribution in [-0.2, 0) is 30.9 Å². The molecule has 0 bridgehead atoms. The van der Waals surface area contributed by atoms with Gasteiger partial charge in [-0.05, 0) is 74.4 Å². The van der Waals surface area contributed by atoms with Crippen molar-refractivity contribution < 1.29 is 16.8 Å². The molecule has 6 nitrogen and oxygen atoms in total. The van der Waals surface area contributed by atoms with E-state index in [0.717, 1.165) is 36.1 Å². The van der Waals surface area contributed by atoms with Gasteiger partial charge in [-0.25, -0.2) is 17.3 Å². The van der Waals surface area contributed by atoms with Crippen LogP contribution < -0.4 is 4.72 Å². The first-order valence-electron chi connectivity index (χ1n) is 13.6. The van der Waals surface area contributed by atoms with Crippen LogP contribution in [0.25, 0.3) is 0 Å². The zero-order valence-electron chi connectivity index (χ0n) is 23.3. The van der Waals surface area contributed by atoms with E-state index in [1.807, 2.05) is 61.5 Å². The number of hydrogen-bond acceptors (Lipinski definition) is 4. The Morgan fingerprint density at radius 2 is 1.62 bits per heavy atom. The molecule has 0 amide bonds. The fourth-order valence-corrected chi connectivity index (χ4v) is 7.41. The molecule has 0 unspecified atom stereocenters. The summed E-state index contributed by atoms with van der Waals surface area (Å²) < 4.78 is 53.3. The van der Waals surface area contributed by atoms with Crippen molar-refractivity contribution in [2.45, 2.75) is 75.8 Å². The van der Waals surface area contributed by atoms with E-state index in [0.29, 0.717) is 22.9 Å². The van der Waals surface area contributed by atoms with Gasteiger partial charge in [0, 0.05) is 16.1 Å². The lowest BCUT2D eigenvalue weighted by Gasteiger charge is -2.44. The molecule has 40 heavy (non-hydrogen) atoms. The standard InChI is InChI=1S/C31H37ClN2O4S2/c1-22(2)21-29(31(19-8-20-31)26-13-15-27(32)16-14-26)33-39(35)38-30(25-9-6-5-7-10-25)24(4)34-40(36,37)28-17-11-23(3)12-18-28/h5-7,9-18,22,24,30,34H,8,19-21H2,1-4H3/t24-,30-,39-/m1/s1. The molecular formula is C31H37ClN2O4S2. The van der Waals surface area contributed by atoms with E-state index in [9.17, 15) is 12.6 Å². The van der Waals surface area contributed by atoms with Crippen molar-refractivity contribution in [1.82, 2.24) is 4.72 Å². The van der Waals surface area contributed by atoms with Crippen molar-refractivity contribution in [3.63, 3.8) is 0 Å². The zero-order chi connectivity index (χ0) is 28.9. The molecule has 0 aromatic heterocycles. The Hall–Kier alpha value is -2.36. The minimum Gasteiger partial charge on any atom is -0.263 e. The summed E-state index contributed by atoms with van der Waals surface area (Å²) in [5.74, 6) is 0.297. The minimum atomic E-state index is -3.84. The van der Waals surface area contributed by atoms with Crippen molar-refractivity contribution in [2.75, 3.05) is 0 Å². The number of rotatable bonds is 12. The molecule has 0 heterocycles. The summed E-state index contributed by atoms with van der Waals surface area (Å²) >= 11 is 4.10. The van der Waals surface area contributed by atoms with Crippen molar-refractivity contribution >= 4 is 38.6 Å². The highest BCUT2D eigenvalue weighted by atomic mass is 35.5. The van der Waals surface area contributed by atoms with Gasteiger partial charge in [0.25, 0.3) is 11.3 Å². The molecule has 0 saturated heterocycles. The highest BCUT2D eigenvalue weighted by molar-refractivity contribution is 7.89. The van der Waals surface area contributed by atoms with Crippen molar-refractivity contribution in [1.29, 1.82) is 0 Å². The van der Waals surface area contributed by atoms with Crippen LogP contribution in [0, 0.1) is 12.8 Å². The summed E-state index contributed by atoms with van der Waals surface area (Å²) in [5, 5.41) is 0.667. The molecule has 1 saturated carbocycles. The van der Waals surface area contributed by atoms with Crippen LogP contribution in [0.5, 0.6) is 0 Å². The number of hydrogen-bond donors (Lipinski definition) is 1. The number of benzene rings is 3. The van der Waals surface area contributed by atoms with Gasteiger partial charge in [-0.3, -0.25) is 4.18 Å². The normalized spacial score (nSPS) is 17.7. The van der Waals surface area contributed by atoms with E-state index in [-0.39, 0.29) is 10.3 Å². The van der Waals surface area contributed by atoms with Gasteiger partial charge in [0.15, 0.2) is 0 Å². The Balaban J connectivity index is 1.63. The zero-order valence-corrected chi connectivity index (χ0v) is 25.7. The molecule has 3 aromatic carbocycles. The van der Waals surface area contributed by atoms with Gasteiger partial charge in [-0.15, -0.1) is 0 Å². The molecule has 3 atom stereocenters. The number of sulfonamides is 1. The molecule has 1 aliphatic rings. The lowest BCUT2D eigenvalue weighted by Crippen LogP contribution is -2.43. The van der Waals surface area contributed by atoms with E-state index in [1.54, 1.807) is 31.2 Å². The SMILES string of the molecule is Cc1ccc(S(=O)(=O)N[C@H](C)[C@@H](O[S@@](=O)N=C(CC(C)C)C2(c3ccc(Cl)cc3)CCC2)c2ccccc2)cc1. The second-order valence-electron chi connectivity index (χ2n) is 10.9. The molecule has 0 spiro atoms. The number of halogens is 1. The second kappa shape index (κ2) is 13.1. The predicted molar refractivity (Wildman–Crippen MR) is 163 cm³/mol. The molecule has 4 rings (SSSR count). The third-order valence-corrected chi connectivity index (χ3v) is 9.95. The van der Waals surface area contributed by atoms with E-state index >= 15 is 0 Å². The minimum absolute atomic E-state index is 0.157. The van der Waals surface area contributed by atoms with Crippen LogP contribution in [0.1, 0.15) is 69.2 Å². The largest absolute Gasteiger partial charge is 0.285 e. The van der Waals surface area contributed by atoms with Crippen LogP contribution in [0.2, 0.25) is 5.02 Å². The quantitative estimate of drug-likeness (QED) is 0.222. The molecule has 1 fully saturated rings. The lowest BCUT2D eigenvalue weighted by atomic mass is 9.60. The molecule has 0 aliphatic heterocycles. The average Bonchev–Trinajstić information content (AvgIpc) is 2.88. The Bertz CT molecular complexity index is 1440. The first kappa shape index (κ1) is 30.6. The van der Waals surface area contributed by atoms with Crippen molar-refractivity contribution in [3.05, 3.63) is 101 Å². The van der Waals surface area contributed by atoms with Crippen LogP contribution in [0.4, 0.5) is 0 Å². The van der Waals surface area contributed by atoms with Gasteiger partial charge in [0.1, 0.15) is 6.10 Å². The highest BCUT2D eigenvalue weighted by Gasteiger charge is 2.44. The van der Waals surface area contributed by atoms with Crippen LogP contribution >= 0.6 is 11.6 Å². The van der Waals surface area contributed by atoms with E-state index in [4.69, 9.17) is 15.8 Å². The average molecular weight is 601 g/mol. The molecule has 1 N–H and O–H groups in total. The fraction of sp³-hybridized carbons (Fsp3) is 0.387. The highest BCUT2D eigenvalue weighted by Crippen LogP contribution is 2.47. The van der Waals surface area contributed by atoms with Gasteiger partial charge < -0.3 is 0 Å². The van der Waals surface area contributed by atoms with Crippen LogP contribution in [0.3, 0.4) is 0 Å². The summed E-state index contributed by atoms with van der Waals surface area (Å²) in [6.45, 7) is 7.83. The summed E-state index contributed by atoms with van der Waals surface area (Å²) in [5.41, 5.74) is 3.30. The molecule has 1 aliphatic carbocycles. The molecular weight excluding hydrogens is 564 g/mol. The Morgan fingerprint density at radius 3 is 2.17 bits per heavy atom. The van der Waals surface area contributed by atoms with Crippen LogP contribution in [-0.4, -0.2) is 24.4 Å². The topological polar surface area (TPSA) is 84.8 Å². The van der Waals surface area contributed by atoms with Gasteiger partial charge in [0.05, 0.1) is 10.9 Å².